The third-order valence-electron chi connectivity index (χ3n) is 1.83. The predicted molar refractivity (Wildman–Crippen MR) is 66.0 cm³/mol. The number of aromatic nitrogens is 2. The van der Waals surface area contributed by atoms with Crippen LogP contribution in [-0.4, -0.2) is 9.97 Å². The molecular weight excluding hydrogens is 303 g/mol. The molecule has 0 fully saturated rings. The van der Waals surface area contributed by atoms with Crippen molar-refractivity contribution in [2.45, 2.75) is 6.92 Å². The monoisotopic (exact) mass is 312 g/mol. The molecule has 0 atom stereocenters. The molecular formula is C11H9IN2O. The van der Waals surface area contributed by atoms with Gasteiger partial charge in [-0.25, -0.2) is 9.97 Å². The molecule has 1 aromatic heterocycles. The van der Waals surface area contributed by atoms with Gasteiger partial charge < -0.3 is 4.74 Å². The Kier molecular flexibility index (Phi) is 3.15. The van der Waals surface area contributed by atoms with Crippen molar-refractivity contribution in [2.75, 3.05) is 0 Å². The van der Waals surface area contributed by atoms with Crippen molar-refractivity contribution < 1.29 is 4.74 Å². The number of halogens is 1. The molecule has 4 heteroatoms. The van der Waals surface area contributed by atoms with E-state index in [1.54, 1.807) is 18.5 Å². The Morgan fingerprint density at radius 1 is 1.20 bits per heavy atom. The van der Waals surface area contributed by atoms with Crippen LogP contribution in [0.4, 0.5) is 0 Å². The third-order valence-corrected chi connectivity index (χ3v) is 2.72. The predicted octanol–water partition coefficient (Wildman–Crippen LogP) is 3.18. The van der Waals surface area contributed by atoms with Crippen LogP contribution in [-0.2, 0) is 0 Å². The normalized spacial score (nSPS) is 10.0. The van der Waals surface area contributed by atoms with Crippen LogP contribution in [0.3, 0.4) is 0 Å². The van der Waals surface area contributed by atoms with Crippen LogP contribution >= 0.6 is 22.6 Å². The van der Waals surface area contributed by atoms with E-state index in [0.29, 0.717) is 6.01 Å². The summed E-state index contributed by atoms with van der Waals surface area (Å²) in [5.74, 6) is 0.793. The third kappa shape index (κ3) is 2.65. The molecule has 0 bridgehead atoms. The van der Waals surface area contributed by atoms with Gasteiger partial charge in [-0.2, -0.15) is 0 Å². The Hall–Kier alpha value is -1.17. The first-order valence-corrected chi connectivity index (χ1v) is 5.54. The van der Waals surface area contributed by atoms with Gasteiger partial charge in [0.2, 0.25) is 0 Å². The molecule has 0 aliphatic heterocycles. The summed E-state index contributed by atoms with van der Waals surface area (Å²) in [6.07, 6.45) is 3.32. The molecule has 0 amide bonds. The molecule has 3 nitrogen and oxygen atoms in total. The number of hydrogen-bond donors (Lipinski definition) is 0. The molecule has 1 aromatic carbocycles. The number of aryl methyl sites for hydroxylation is 1. The Morgan fingerprint density at radius 2 is 1.93 bits per heavy atom. The second-order valence-electron chi connectivity index (χ2n) is 3.07. The van der Waals surface area contributed by atoms with Gasteiger partial charge in [0.25, 0.3) is 0 Å². The van der Waals surface area contributed by atoms with Crippen molar-refractivity contribution in [3.8, 4) is 11.8 Å². The van der Waals surface area contributed by atoms with Crippen molar-refractivity contribution in [1.29, 1.82) is 0 Å². The van der Waals surface area contributed by atoms with Crippen LogP contribution in [0.15, 0.2) is 36.7 Å². The lowest BCUT2D eigenvalue weighted by molar-refractivity contribution is 0.438. The molecule has 0 aliphatic rings. The number of nitrogens with zero attached hydrogens (tertiary/aromatic N) is 2. The van der Waals surface area contributed by atoms with Crippen molar-refractivity contribution in [2.24, 2.45) is 0 Å². The molecule has 0 aliphatic carbocycles. The maximum absolute atomic E-state index is 5.56. The lowest BCUT2D eigenvalue weighted by Gasteiger charge is -2.05. The summed E-state index contributed by atoms with van der Waals surface area (Å²) in [6.45, 7) is 2.02. The van der Waals surface area contributed by atoms with E-state index in [1.807, 2.05) is 25.1 Å². The average Bonchev–Trinajstić information content (AvgIpc) is 2.25. The Morgan fingerprint density at radius 3 is 2.67 bits per heavy atom. The van der Waals surface area contributed by atoms with Gasteiger partial charge in [-0.1, -0.05) is 6.07 Å². The minimum atomic E-state index is 0.376. The van der Waals surface area contributed by atoms with Crippen LogP contribution in [0, 0.1) is 10.5 Å². The van der Waals surface area contributed by atoms with Gasteiger partial charge in [0, 0.05) is 12.4 Å². The largest absolute Gasteiger partial charge is 0.423 e. The lowest BCUT2D eigenvalue weighted by Crippen LogP contribution is -1.92. The minimum Gasteiger partial charge on any atom is -0.423 e. The first kappa shape index (κ1) is 10.4. The Balaban J connectivity index is 2.28. The van der Waals surface area contributed by atoms with Crippen LogP contribution in [0.5, 0.6) is 11.8 Å². The molecule has 15 heavy (non-hydrogen) atoms. The highest BCUT2D eigenvalue weighted by molar-refractivity contribution is 14.1. The molecule has 0 saturated heterocycles. The quantitative estimate of drug-likeness (QED) is 0.799. The molecule has 0 unspecified atom stereocenters. The zero-order valence-electron chi connectivity index (χ0n) is 8.14. The van der Waals surface area contributed by atoms with Gasteiger partial charge >= 0.3 is 6.01 Å². The average molecular weight is 312 g/mol. The molecule has 0 radical (unpaired) electrons. The molecule has 76 valence electrons. The van der Waals surface area contributed by atoms with Gasteiger partial charge in [0.05, 0.1) is 3.57 Å². The standard InChI is InChI=1S/C11H9IN2O/c1-8-3-4-9(12)10(7-8)15-11-13-5-2-6-14-11/h2-7H,1H3. The van der Waals surface area contributed by atoms with Crippen molar-refractivity contribution in [1.82, 2.24) is 9.97 Å². The summed E-state index contributed by atoms with van der Waals surface area (Å²) in [5, 5.41) is 0. The first-order chi connectivity index (χ1) is 7.25. The topological polar surface area (TPSA) is 35.0 Å². The molecule has 2 rings (SSSR count). The van der Waals surface area contributed by atoms with E-state index in [9.17, 15) is 0 Å². The summed E-state index contributed by atoms with van der Waals surface area (Å²) >= 11 is 2.22. The van der Waals surface area contributed by atoms with Gasteiger partial charge in [-0.05, 0) is 53.3 Å². The SMILES string of the molecule is Cc1ccc(I)c(Oc2ncccn2)c1. The van der Waals surface area contributed by atoms with Gasteiger partial charge in [-0.15, -0.1) is 0 Å². The Bertz CT molecular complexity index is 459. The maximum Gasteiger partial charge on any atom is 0.321 e. The van der Waals surface area contributed by atoms with Gasteiger partial charge in [-0.3, -0.25) is 0 Å². The van der Waals surface area contributed by atoms with E-state index in [1.165, 1.54) is 0 Å². The highest BCUT2D eigenvalue weighted by Gasteiger charge is 2.03. The summed E-state index contributed by atoms with van der Waals surface area (Å²) in [4.78, 5) is 8.02. The smallest absolute Gasteiger partial charge is 0.321 e. The summed E-state index contributed by atoms with van der Waals surface area (Å²) in [7, 11) is 0. The second-order valence-corrected chi connectivity index (χ2v) is 4.23. The number of hydrogen-bond acceptors (Lipinski definition) is 3. The van der Waals surface area contributed by atoms with Crippen LogP contribution < -0.4 is 4.74 Å². The summed E-state index contributed by atoms with van der Waals surface area (Å²) in [5.41, 5.74) is 1.15. The second kappa shape index (κ2) is 4.57. The number of ether oxygens (including phenoxy) is 1. The molecule has 0 N–H and O–H groups in total. The zero-order chi connectivity index (χ0) is 10.7. The molecule has 0 spiro atoms. The highest BCUT2D eigenvalue weighted by atomic mass is 127. The fourth-order valence-corrected chi connectivity index (χ4v) is 1.57. The zero-order valence-corrected chi connectivity index (χ0v) is 10.3. The molecule has 1 heterocycles. The highest BCUT2D eigenvalue weighted by Crippen LogP contribution is 2.25. The number of benzene rings is 1. The fraction of sp³-hybridized carbons (Fsp3) is 0.0909. The van der Waals surface area contributed by atoms with E-state index in [4.69, 9.17) is 4.74 Å². The Labute approximate surface area is 102 Å². The fourth-order valence-electron chi connectivity index (χ4n) is 1.13. The van der Waals surface area contributed by atoms with E-state index in [2.05, 4.69) is 32.6 Å². The van der Waals surface area contributed by atoms with Gasteiger partial charge in [0.15, 0.2) is 0 Å². The van der Waals surface area contributed by atoms with Crippen molar-refractivity contribution in [3.05, 3.63) is 45.8 Å². The lowest BCUT2D eigenvalue weighted by atomic mass is 10.2. The minimum absolute atomic E-state index is 0.376. The summed E-state index contributed by atoms with van der Waals surface area (Å²) in [6, 6.07) is 8.15. The van der Waals surface area contributed by atoms with Crippen molar-refractivity contribution >= 4 is 22.6 Å². The van der Waals surface area contributed by atoms with Crippen molar-refractivity contribution in [3.63, 3.8) is 0 Å². The van der Waals surface area contributed by atoms with Crippen LogP contribution in [0.1, 0.15) is 5.56 Å². The van der Waals surface area contributed by atoms with E-state index in [-0.39, 0.29) is 0 Å². The molecule has 0 saturated carbocycles. The van der Waals surface area contributed by atoms with E-state index >= 15 is 0 Å². The van der Waals surface area contributed by atoms with E-state index in [0.717, 1.165) is 14.9 Å². The first-order valence-electron chi connectivity index (χ1n) is 4.47. The molecule has 2 aromatic rings. The summed E-state index contributed by atoms with van der Waals surface area (Å²) < 4.78 is 6.61. The van der Waals surface area contributed by atoms with Crippen LogP contribution in [0.25, 0.3) is 0 Å². The van der Waals surface area contributed by atoms with Gasteiger partial charge in [0.1, 0.15) is 5.75 Å². The van der Waals surface area contributed by atoms with Crippen LogP contribution in [0.2, 0.25) is 0 Å². The number of rotatable bonds is 2. The van der Waals surface area contributed by atoms with E-state index < -0.39 is 0 Å². The maximum atomic E-state index is 5.56.